The summed E-state index contributed by atoms with van der Waals surface area (Å²) in [6.07, 6.45) is 79.6. The molecule has 0 amide bonds. The SMILES string of the molecule is CC/C=C\C/C=C\C/C=C\C/C=C\CCCCCCC(=O)OC(COC(=O)CCCCCCC/C=C\CCCCC)COC(=O)CCCCCCCCCCCCCCCCCCCCCCCCCCCCC. The smallest absolute Gasteiger partial charge is 0.306 e. The summed E-state index contributed by atoms with van der Waals surface area (Å²) in [6, 6.07) is 0. The molecule has 74 heavy (non-hydrogen) atoms. The maximum atomic E-state index is 12.9. The molecule has 6 heteroatoms. The van der Waals surface area contributed by atoms with Crippen molar-refractivity contribution in [1.82, 2.24) is 0 Å². The van der Waals surface area contributed by atoms with Crippen LogP contribution in [-0.2, 0) is 28.6 Å². The van der Waals surface area contributed by atoms with Crippen LogP contribution in [0.25, 0.3) is 0 Å². The zero-order valence-electron chi connectivity index (χ0n) is 49.4. The third-order valence-electron chi connectivity index (χ3n) is 14.3. The number of hydrogen-bond acceptors (Lipinski definition) is 6. The summed E-state index contributed by atoms with van der Waals surface area (Å²) >= 11 is 0. The van der Waals surface area contributed by atoms with Crippen molar-refractivity contribution < 1.29 is 28.6 Å². The van der Waals surface area contributed by atoms with E-state index >= 15 is 0 Å². The summed E-state index contributed by atoms with van der Waals surface area (Å²) < 4.78 is 16.9. The minimum atomic E-state index is -0.789. The fraction of sp³-hybridized carbons (Fsp3) is 0.809. The summed E-state index contributed by atoms with van der Waals surface area (Å²) in [5.74, 6) is -0.902. The Morgan fingerprint density at radius 1 is 0.284 bits per heavy atom. The van der Waals surface area contributed by atoms with Crippen LogP contribution in [0.1, 0.15) is 335 Å². The highest BCUT2D eigenvalue weighted by molar-refractivity contribution is 5.71. The van der Waals surface area contributed by atoms with Crippen molar-refractivity contribution in [2.75, 3.05) is 13.2 Å². The van der Waals surface area contributed by atoms with Crippen LogP contribution in [-0.4, -0.2) is 37.2 Å². The maximum Gasteiger partial charge on any atom is 0.306 e. The molecule has 0 aliphatic carbocycles. The van der Waals surface area contributed by atoms with Gasteiger partial charge in [0.1, 0.15) is 13.2 Å². The molecular weight excluding hydrogens is 913 g/mol. The lowest BCUT2D eigenvalue weighted by atomic mass is 10.0. The molecule has 0 N–H and O–H groups in total. The zero-order valence-corrected chi connectivity index (χ0v) is 49.4. The van der Waals surface area contributed by atoms with E-state index in [0.29, 0.717) is 19.3 Å². The van der Waals surface area contributed by atoms with Crippen LogP contribution in [0.15, 0.2) is 60.8 Å². The van der Waals surface area contributed by atoms with Gasteiger partial charge in [0.25, 0.3) is 0 Å². The van der Waals surface area contributed by atoms with E-state index in [1.165, 1.54) is 193 Å². The third-order valence-corrected chi connectivity index (χ3v) is 14.3. The fourth-order valence-corrected chi connectivity index (χ4v) is 9.43. The van der Waals surface area contributed by atoms with Crippen LogP contribution in [0.5, 0.6) is 0 Å². The standard InChI is InChI=1S/C68H122O6/c1-4-7-10-13-16-19-22-25-27-29-30-31-32-33-34-35-36-37-38-40-41-43-46-49-52-55-58-61-67(70)73-64-65(63-72-66(69)60-57-54-51-48-45-24-21-18-15-12-9-6-3)74-68(71)62-59-56-53-50-47-44-42-39-28-26-23-20-17-14-11-8-5-2/h8,11,17-18,20-21,26,28,42,44,65H,4-7,9-10,12-16,19,22-25,27,29-41,43,45-64H2,1-3H3/b11-8-,20-17-,21-18-,28-26-,44-42-. The Labute approximate surface area is 460 Å². The monoisotopic (exact) mass is 1030 g/mol. The molecule has 0 saturated carbocycles. The van der Waals surface area contributed by atoms with Crippen LogP contribution in [0.3, 0.4) is 0 Å². The van der Waals surface area contributed by atoms with Crippen molar-refractivity contribution in [2.24, 2.45) is 0 Å². The molecule has 0 aliphatic heterocycles. The van der Waals surface area contributed by atoms with Gasteiger partial charge < -0.3 is 14.2 Å². The summed E-state index contributed by atoms with van der Waals surface area (Å²) in [6.45, 7) is 6.52. The van der Waals surface area contributed by atoms with Gasteiger partial charge in [0, 0.05) is 19.3 Å². The maximum absolute atomic E-state index is 12.9. The van der Waals surface area contributed by atoms with E-state index in [2.05, 4.69) is 81.5 Å². The number of allylic oxidation sites excluding steroid dienone is 10. The highest BCUT2D eigenvalue weighted by atomic mass is 16.6. The van der Waals surface area contributed by atoms with E-state index in [1.807, 2.05) is 0 Å². The third kappa shape index (κ3) is 60.0. The van der Waals surface area contributed by atoms with Crippen molar-refractivity contribution in [1.29, 1.82) is 0 Å². The van der Waals surface area contributed by atoms with Gasteiger partial charge in [-0.25, -0.2) is 0 Å². The second-order valence-corrected chi connectivity index (χ2v) is 21.6. The number of esters is 3. The lowest BCUT2D eigenvalue weighted by Crippen LogP contribution is -2.30. The molecule has 0 bridgehead atoms. The number of ether oxygens (including phenoxy) is 3. The van der Waals surface area contributed by atoms with Crippen LogP contribution >= 0.6 is 0 Å². The van der Waals surface area contributed by atoms with Gasteiger partial charge in [-0.2, -0.15) is 0 Å². The number of hydrogen-bond donors (Lipinski definition) is 0. The van der Waals surface area contributed by atoms with Crippen molar-refractivity contribution in [2.45, 2.75) is 341 Å². The van der Waals surface area contributed by atoms with Gasteiger partial charge in [-0.3, -0.25) is 14.4 Å². The quantitative estimate of drug-likeness (QED) is 0.0261. The molecule has 6 nitrogen and oxygen atoms in total. The minimum absolute atomic E-state index is 0.0840. The summed E-state index contributed by atoms with van der Waals surface area (Å²) in [5.41, 5.74) is 0. The number of rotatable bonds is 59. The van der Waals surface area contributed by atoms with E-state index in [4.69, 9.17) is 14.2 Å². The van der Waals surface area contributed by atoms with E-state index < -0.39 is 6.10 Å². The number of unbranched alkanes of at least 4 members (excludes halogenated alkanes) is 38. The van der Waals surface area contributed by atoms with Gasteiger partial charge in [0.15, 0.2) is 6.10 Å². The van der Waals surface area contributed by atoms with Gasteiger partial charge in [0.05, 0.1) is 0 Å². The molecule has 0 spiro atoms. The van der Waals surface area contributed by atoms with Crippen LogP contribution in [0.2, 0.25) is 0 Å². The normalized spacial score (nSPS) is 12.4. The van der Waals surface area contributed by atoms with Gasteiger partial charge in [-0.05, 0) is 83.5 Å². The van der Waals surface area contributed by atoms with Crippen molar-refractivity contribution >= 4 is 17.9 Å². The lowest BCUT2D eigenvalue weighted by Gasteiger charge is -2.18. The molecule has 430 valence electrons. The summed E-state index contributed by atoms with van der Waals surface area (Å²) in [5, 5.41) is 0. The molecule has 0 aromatic heterocycles. The Morgan fingerprint density at radius 3 is 0.865 bits per heavy atom. The number of carbonyl (C=O) groups excluding carboxylic acids is 3. The first-order valence-corrected chi connectivity index (χ1v) is 32.3. The molecule has 0 aliphatic rings. The molecule has 0 fully saturated rings. The molecule has 0 heterocycles. The fourth-order valence-electron chi connectivity index (χ4n) is 9.43. The first-order valence-electron chi connectivity index (χ1n) is 32.3. The molecule has 0 rings (SSSR count). The largest absolute Gasteiger partial charge is 0.462 e. The van der Waals surface area contributed by atoms with Gasteiger partial charge in [-0.1, -0.05) is 293 Å². The molecule has 0 aromatic rings. The zero-order chi connectivity index (χ0) is 53.6. The predicted molar refractivity (Wildman–Crippen MR) is 321 cm³/mol. The first kappa shape index (κ1) is 71.1. The average Bonchev–Trinajstić information content (AvgIpc) is 3.40. The topological polar surface area (TPSA) is 78.9 Å². The molecule has 0 saturated heterocycles. The Kier molecular flexibility index (Phi) is 60.2. The molecular formula is C68H122O6. The van der Waals surface area contributed by atoms with Crippen molar-refractivity contribution in [3.63, 3.8) is 0 Å². The molecule has 0 aromatic carbocycles. The second-order valence-electron chi connectivity index (χ2n) is 21.6. The van der Waals surface area contributed by atoms with Crippen LogP contribution < -0.4 is 0 Å². The summed E-state index contributed by atoms with van der Waals surface area (Å²) in [4.78, 5) is 38.2. The Morgan fingerprint density at radius 2 is 0.527 bits per heavy atom. The minimum Gasteiger partial charge on any atom is -0.462 e. The molecule has 1 atom stereocenters. The van der Waals surface area contributed by atoms with Gasteiger partial charge in [0.2, 0.25) is 0 Å². The van der Waals surface area contributed by atoms with E-state index in [1.54, 1.807) is 0 Å². The highest BCUT2D eigenvalue weighted by Gasteiger charge is 2.19. The second kappa shape index (κ2) is 62.6. The Bertz CT molecular complexity index is 1330. The molecule has 1 unspecified atom stereocenters. The number of carbonyl (C=O) groups is 3. The van der Waals surface area contributed by atoms with Crippen LogP contribution in [0, 0.1) is 0 Å². The van der Waals surface area contributed by atoms with Crippen molar-refractivity contribution in [3.8, 4) is 0 Å². The Balaban J connectivity index is 4.22. The average molecular weight is 1040 g/mol. The summed E-state index contributed by atoms with van der Waals surface area (Å²) in [7, 11) is 0. The lowest BCUT2D eigenvalue weighted by molar-refractivity contribution is -0.167. The van der Waals surface area contributed by atoms with Gasteiger partial charge >= 0.3 is 17.9 Å². The van der Waals surface area contributed by atoms with Crippen LogP contribution in [0.4, 0.5) is 0 Å². The van der Waals surface area contributed by atoms with Crippen molar-refractivity contribution in [3.05, 3.63) is 60.8 Å². The molecule has 0 radical (unpaired) electrons. The highest BCUT2D eigenvalue weighted by Crippen LogP contribution is 2.18. The Hall–Kier alpha value is -2.89. The van der Waals surface area contributed by atoms with E-state index in [-0.39, 0.29) is 31.1 Å². The van der Waals surface area contributed by atoms with E-state index in [0.717, 1.165) is 103 Å². The first-order chi connectivity index (χ1) is 36.5. The van der Waals surface area contributed by atoms with Gasteiger partial charge in [-0.15, -0.1) is 0 Å². The predicted octanol–water partition coefficient (Wildman–Crippen LogP) is 21.9. The van der Waals surface area contributed by atoms with E-state index in [9.17, 15) is 14.4 Å².